The molecule has 4 nitrogen and oxygen atoms in total. The summed E-state index contributed by atoms with van der Waals surface area (Å²) in [6, 6.07) is 37.4. The number of H-pyrrole nitrogens is 2. The van der Waals surface area contributed by atoms with Crippen LogP contribution in [0.1, 0.15) is 33.8 Å². The molecular weight excluding hydrogens is 536 g/mol. The first kappa shape index (κ1) is 25.1. The molecular formula is C40H32N4+2. The van der Waals surface area contributed by atoms with Gasteiger partial charge in [-0.2, -0.15) is 9.13 Å². The summed E-state index contributed by atoms with van der Waals surface area (Å²) in [4.78, 5) is 7.13. The summed E-state index contributed by atoms with van der Waals surface area (Å²) >= 11 is 0. The lowest BCUT2D eigenvalue weighted by Crippen LogP contribution is -2.44. The Kier molecular flexibility index (Phi) is 5.73. The fraction of sp³-hybridized carbons (Fsp3) is 0.100. The molecule has 0 fully saturated rings. The first-order valence-electron chi connectivity index (χ1n) is 15.5. The molecule has 3 aromatic carbocycles. The molecule has 210 valence electrons. The van der Waals surface area contributed by atoms with E-state index in [1.165, 1.54) is 55.7 Å². The number of nitrogens with one attached hydrogen (secondary N) is 2. The van der Waals surface area contributed by atoms with Gasteiger partial charge in [-0.1, -0.05) is 54.6 Å². The third-order valence-electron chi connectivity index (χ3n) is 9.27. The van der Waals surface area contributed by atoms with Crippen LogP contribution in [0.4, 0.5) is 0 Å². The fourth-order valence-electron chi connectivity index (χ4n) is 7.15. The van der Waals surface area contributed by atoms with Crippen LogP contribution in [0, 0.1) is 0 Å². The van der Waals surface area contributed by atoms with Gasteiger partial charge in [-0.15, -0.1) is 0 Å². The normalized spacial score (nSPS) is 13.8. The van der Waals surface area contributed by atoms with Crippen molar-refractivity contribution in [1.29, 1.82) is 0 Å². The molecule has 0 amide bonds. The number of pyridine rings is 2. The summed E-state index contributed by atoms with van der Waals surface area (Å²) in [6.45, 7) is 1.97. The minimum absolute atomic E-state index is 0.953. The molecule has 2 N–H and O–H groups in total. The first-order valence-corrected chi connectivity index (χ1v) is 15.5. The molecule has 0 atom stereocenters. The second-order valence-electron chi connectivity index (χ2n) is 12.0. The number of aryl methyl sites for hydroxylation is 3. The number of hydrogen-bond acceptors (Lipinski definition) is 0. The SMILES string of the molecule is C(=C\c1cc2ccccc2[nH]1)/c1cc(/C=C/c2cc3ccccc3[nH]2)[n+]2c(c1)-c1c(ccc3c1-c1cccc[n+]1CC3)CC2. The van der Waals surface area contributed by atoms with E-state index in [9.17, 15) is 0 Å². The van der Waals surface area contributed by atoms with Gasteiger partial charge >= 0.3 is 0 Å². The Hall–Kier alpha value is -5.48. The minimum Gasteiger partial charge on any atom is -0.355 e. The van der Waals surface area contributed by atoms with Crippen LogP contribution >= 0.6 is 0 Å². The van der Waals surface area contributed by atoms with Crippen molar-refractivity contribution in [3.05, 3.63) is 143 Å². The Bertz CT molecular complexity index is 2230. The van der Waals surface area contributed by atoms with Crippen molar-refractivity contribution < 1.29 is 9.13 Å². The standard InChI is InChI=1S/C40H31N4/c1-3-9-35-30(7-1)25-32(41-35)15-12-27-23-34(17-16-33-26-31-8-2-4-10-36(31)42-33)44-22-19-29-14-13-28-18-21-43-20-6-5-11-37(43)39(28)40(29)38(44)24-27/h1-17,20,23-26H,18-19,21-22H2,(H,41,42)/q+1/p+1. The number of nitrogens with zero attached hydrogens (tertiary/aromatic N) is 2. The van der Waals surface area contributed by atoms with Gasteiger partial charge in [0.1, 0.15) is 0 Å². The molecule has 4 aromatic heterocycles. The van der Waals surface area contributed by atoms with Crippen molar-refractivity contribution in [3.8, 4) is 22.5 Å². The fourth-order valence-corrected chi connectivity index (χ4v) is 7.15. The Labute approximate surface area is 256 Å². The minimum atomic E-state index is 0.953. The highest BCUT2D eigenvalue weighted by Gasteiger charge is 2.34. The summed E-state index contributed by atoms with van der Waals surface area (Å²) in [5.41, 5.74) is 15.2. The predicted molar refractivity (Wildman–Crippen MR) is 180 cm³/mol. The highest BCUT2D eigenvalue weighted by Crippen LogP contribution is 2.39. The number of aromatic amines is 2. The molecule has 44 heavy (non-hydrogen) atoms. The number of para-hydroxylation sites is 2. The molecule has 4 heteroatoms. The molecule has 0 bridgehead atoms. The van der Waals surface area contributed by atoms with Crippen LogP contribution in [0.25, 0.3) is 68.6 Å². The number of hydrogen-bond donors (Lipinski definition) is 2. The maximum Gasteiger partial charge on any atom is 0.214 e. The number of benzene rings is 3. The van der Waals surface area contributed by atoms with Crippen LogP contribution in [0.3, 0.4) is 0 Å². The maximum absolute atomic E-state index is 3.57. The Morgan fingerprint density at radius 3 is 1.91 bits per heavy atom. The van der Waals surface area contributed by atoms with Gasteiger partial charge in [-0.25, -0.2) is 0 Å². The Morgan fingerprint density at radius 2 is 1.18 bits per heavy atom. The van der Waals surface area contributed by atoms with Crippen molar-refractivity contribution in [2.45, 2.75) is 25.9 Å². The molecule has 2 aliphatic rings. The van der Waals surface area contributed by atoms with Gasteiger partial charge in [0.15, 0.2) is 19.3 Å². The van der Waals surface area contributed by atoms with E-state index in [1.54, 1.807) is 0 Å². The van der Waals surface area contributed by atoms with Crippen molar-refractivity contribution >= 4 is 46.1 Å². The zero-order chi connectivity index (χ0) is 29.0. The second kappa shape index (κ2) is 10.1. The summed E-state index contributed by atoms with van der Waals surface area (Å²) in [6.07, 6.45) is 13.2. The van der Waals surface area contributed by atoms with Gasteiger partial charge in [-0.05, 0) is 69.9 Å². The van der Waals surface area contributed by atoms with Gasteiger partial charge in [0.25, 0.3) is 0 Å². The van der Waals surface area contributed by atoms with E-state index < -0.39 is 0 Å². The van der Waals surface area contributed by atoms with Crippen LogP contribution < -0.4 is 9.13 Å². The zero-order valence-electron chi connectivity index (χ0n) is 24.4. The number of fused-ring (bicyclic) bond motifs is 9. The average molecular weight is 569 g/mol. The second-order valence-corrected chi connectivity index (χ2v) is 12.0. The van der Waals surface area contributed by atoms with Crippen molar-refractivity contribution in [2.24, 2.45) is 0 Å². The van der Waals surface area contributed by atoms with Crippen molar-refractivity contribution in [1.82, 2.24) is 9.97 Å². The lowest BCUT2D eigenvalue weighted by Gasteiger charge is -2.23. The van der Waals surface area contributed by atoms with Gasteiger partial charge in [0.2, 0.25) is 17.1 Å². The molecule has 0 spiro atoms. The van der Waals surface area contributed by atoms with Crippen LogP contribution in [-0.4, -0.2) is 9.97 Å². The molecule has 2 aliphatic heterocycles. The summed E-state index contributed by atoms with van der Waals surface area (Å²) in [5.74, 6) is 0. The lowest BCUT2D eigenvalue weighted by atomic mass is 9.84. The average Bonchev–Trinajstić information content (AvgIpc) is 3.69. The summed E-state index contributed by atoms with van der Waals surface area (Å²) in [7, 11) is 0. The highest BCUT2D eigenvalue weighted by molar-refractivity contribution is 5.88. The topological polar surface area (TPSA) is 39.3 Å². The molecule has 6 heterocycles. The number of aromatic nitrogens is 4. The van der Waals surface area contributed by atoms with Gasteiger partial charge < -0.3 is 9.97 Å². The first-order chi connectivity index (χ1) is 21.8. The van der Waals surface area contributed by atoms with Crippen LogP contribution in [0.5, 0.6) is 0 Å². The quantitative estimate of drug-likeness (QED) is 0.202. The highest BCUT2D eigenvalue weighted by atomic mass is 15.0. The maximum atomic E-state index is 3.57. The van der Waals surface area contributed by atoms with Crippen molar-refractivity contribution in [3.63, 3.8) is 0 Å². The molecule has 7 aromatic rings. The van der Waals surface area contributed by atoms with Crippen LogP contribution in [0.2, 0.25) is 0 Å². The van der Waals surface area contributed by atoms with Gasteiger partial charge in [0, 0.05) is 65.6 Å². The molecule has 0 saturated carbocycles. The third kappa shape index (κ3) is 4.22. The zero-order valence-corrected chi connectivity index (χ0v) is 24.4. The van der Waals surface area contributed by atoms with Crippen molar-refractivity contribution in [2.75, 3.05) is 0 Å². The van der Waals surface area contributed by atoms with E-state index >= 15 is 0 Å². The largest absolute Gasteiger partial charge is 0.355 e. The van der Waals surface area contributed by atoms with Gasteiger partial charge in [-0.3, -0.25) is 0 Å². The number of rotatable bonds is 4. The predicted octanol–water partition coefficient (Wildman–Crippen LogP) is 8.01. The molecule has 9 rings (SSSR count). The van der Waals surface area contributed by atoms with Gasteiger partial charge in [0.05, 0.1) is 11.1 Å². The van der Waals surface area contributed by atoms with E-state index in [4.69, 9.17) is 0 Å². The third-order valence-corrected chi connectivity index (χ3v) is 9.27. The Morgan fingerprint density at radius 1 is 0.545 bits per heavy atom. The van der Waals surface area contributed by atoms with E-state index in [0.29, 0.717) is 0 Å². The molecule has 0 radical (unpaired) electrons. The monoisotopic (exact) mass is 568 g/mol. The van der Waals surface area contributed by atoms with Crippen LogP contribution in [0.15, 0.2) is 109 Å². The molecule has 0 saturated heterocycles. The Balaban J connectivity index is 1.22. The van der Waals surface area contributed by atoms with E-state index in [2.05, 4.69) is 153 Å². The summed E-state index contributed by atoms with van der Waals surface area (Å²) in [5, 5.41) is 2.46. The molecule has 0 aliphatic carbocycles. The lowest BCUT2D eigenvalue weighted by molar-refractivity contribution is -0.690. The van der Waals surface area contributed by atoms with E-state index in [0.717, 1.165) is 48.4 Å². The van der Waals surface area contributed by atoms with E-state index in [-0.39, 0.29) is 0 Å². The molecule has 0 unspecified atom stereocenters. The van der Waals surface area contributed by atoms with Crippen LogP contribution in [-0.2, 0) is 25.9 Å². The van der Waals surface area contributed by atoms with E-state index in [1.807, 2.05) is 0 Å². The summed E-state index contributed by atoms with van der Waals surface area (Å²) < 4.78 is 4.93. The smallest absolute Gasteiger partial charge is 0.214 e.